The highest BCUT2D eigenvalue weighted by Gasteiger charge is 2.38. The van der Waals surface area contributed by atoms with E-state index in [1.165, 1.54) is 27.5 Å². The molecule has 0 bridgehead atoms. The number of hydrogen-bond acceptors (Lipinski definition) is 2. The van der Waals surface area contributed by atoms with Crippen LogP contribution in [0.2, 0.25) is 19.6 Å². The first-order valence-electron chi connectivity index (χ1n) is 11.4. The van der Waals surface area contributed by atoms with E-state index in [0.29, 0.717) is 18.0 Å². The van der Waals surface area contributed by atoms with Crippen molar-refractivity contribution in [1.29, 1.82) is 0 Å². The van der Waals surface area contributed by atoms with Crippen molar-refractivity contribution in [2.45, 2.75) is 50.7 Å². The maximum atomic E-state index is 13.6. The van der Waals surface area contributed by atoms with E-state index in [9.17, 15) is 8.42 Å². The lowest BCUT2D eigenvalue weighted by Crippen LogP contribution is -2.41. The Morgan fingerprint density at radius 2 is 1.62 bits per heavy atom. The Balaban J connectivity index is 1.87. The molecule has 0 spiro atoms. The third-order valence-corrected chi connectivity index (χ3v) is 10.6. The molecule has 0 N–H and O–H groups in total. The maximum absolute atomic E-state index is 13.6. The van der Waals surface area contributed by atoms with Crippen LogP contribution in [0.25, 0.3) is 0 Å². The van der Waals surface area contributed by atoms with Gasteiger partial charge in [-0.05, 0) is 47.8 Å². The molecule has 1 aliphatic carbocycles. The summed E-state index contributed by atoms with van der Waals surface area (Å²) < 4.78 is 28.9. The van der Waals surface area contributed by atoms with Crippen molar-refractivity contribution in [3.63, 3.8) is 0 Å². The fourth-order valence-electron chi connectivity index (χ4n) is 4.94. The van der Waals surface area contributed by atoms with E-state index in [0.717, 1.165) is 12.0 Å². The summed E-state index contributed by atoms with van der Waals surface area (Å²) in [6.45, 7) is 12.1. The minimum Gasteiger partial charge on any atom is -0.207 e. The van der Waals surface area contributed by atoms with Crippen molar-refractivity contribution in [3.05, 3.63) is 99.8 Å². The molecule has 1 heterocycles. The van der Waals surface area contributed by atoms with Gasteiger partial charge in [0.1, 0.15) is 0 Å². The van der Waals surface area contributed by atoms with Gasteiger partial charge in [0.05, 0.1) is 13.0 Å². The van der Waals surface area contributed by atoms with Crippen LogP contribution in [0, 0.1) is 6.92 Å². The van der Waals surface area contributed by atoms with Gasteiger partial charge in [-0.1, -0.05) is 91.9 Å². The largest absolute Gasteiger partial charge is 0.243 e. The molecule has 0 saturated carbocycles. The summed E-state index contributed by atoms with van der Waals surface area (Å²) in [7, 11) is -5.32. The van der Waals surface area contributed by atoms with Crippen LogP contribution in [0.1, 0.15) is 30.4 Å². The lowest BCUT2D eigenvalue weighted by molar-refractivity contribution is 0.446. The highest BCUT2D eigenvalue weighted by molar-refractivity contribution is 7.89. The Bertz CT molecular complexity index is 1200. The normalized spacial score (nSPS) is 20.0. The number of benzene rings is 2. The topological polar surface area (TPSA) is 37.4 Å². The number of rotatable bonds is 5. The molecule has 4 rings (SSSR count). The van der Waals surface area contributed by atoms with E-state index in [1.54, 1.807) is 16.4 Å². The smallest absolute Gasteiger partial charge is 0.207 e. The summed E-state index contributed by atoms with van der Waals surface area (Å²) in [5.74, 6) is 0.210. The molecule has 32 heavy (non-hydrogen) atoms. The molecular formula is C27H33NO2SSi. The first kappa shape index (κ1) is 23.0. The Morgan fingerprint density at radius 1 is 0.969 bits per heavy atom. The molecule has 0 aromatic heterocycles. The molecule has 0 amide bonds. The van der Waals surface area contributed by atoms with Gasteiger partial charge >= 0.3 is 0 Å². The molecule has 1 atom stereocenters. The van der Waals surface area contributed by atoms with Crippen molar-refractivity contribution in [3.8, 4) is 0 Å². The summed E-state index contributed by atoms with van der Waals surface area (Å²) in [5, 5.41) is 1.45. The first-order valence-corrected chi connectivity index (χ1v) is 16.3. The summed E-state index contributed by atoms with van der Waals surface area (Å²) in [4.78, 5) is 0.378. The highest BCUT2D eigenvalue weighted by Crippen LogP contribution is 2.44. The van der Waals surface area contributed by atoms with Gasteiger partial charge in [0.25, 0.3) is 0 Å². The number of allylic oxidation sites excluding steroid dienone is 3. The van der Waals surface area contributed by atoms with E-state index >= 15 is 0 Å². The number of fused-ring (bicyclic) bond motifs is 1. The van der Waals surface area contributed by atoms with Gasteiger partial charge in [-0.3, -0.25) is 0 Å². The quantitative estimate of drug-likeness (QED) is 0.493. The minimum absolute atomic E-state index is 0.210. The van der Waals surface area contributed by atoms with Crippen LogP contribution in [0.4, 0.5) is 0 Å². The molecule has 168 valence electrons. The fraction of sp³-hybridized carbons (Fsp3) is 0.333. The third kappa shape index (κ3) is 4.21. The minimum atomic E-state index is -3.57. The number of aryl methyl sites for hydroxylation is 1. The zero-order valence-electron chi connectivity index (χ0n) is 19.7. The summed E-state index contributed by atoms with van der Waals surface area (Å²) >= 11 is 0. The second-order valence-electron chi connectivity index (χ2n) is 9.85. The predicted molar refractivity (Wildman–Crippen MR) is 136 cm³/mol. The average molecular weight is 464 g/mol. The number of nitrogens with zero attached hydrogens (tertiary/aromatic N) is 1. The molecule has 0 fully saturated rings. The van der Waals surface area contributed by atoms with Crippen LogP contribution < -0.4 is 0 Å². The fourth-order valence-corrected chi connectivity index (χ4v) is 8.66. The van der Waals surface area contributed by atoms with E-state index in [4.69, 9.17) is 0 Å². The zero-order valence-corrected chi connectivity index (χ0v) is 21.5. The lowest BCUT2D eigenvalue weighted by atomic mass is 9.84. The second kappa shape index (κ2) is 8.62. The molecule has 2 aromatic carbocycles. The van der Waals surface area contributed by atoms with E-state index in [2.05, 4.69) is 63.0 Å². The van der Waals surface area contributed by atoms with Crippen LogP contribution in [-0.2, 0) is 10.0 Å². The SMILES string of the molecule is CCC1=C2C=CC(c3ccccc3)C([Si](C)(C)C)=C2CN(S(=O)(=O)c2ccc(C)cc2)C1. The van der Waals surface area contributed by atoms with Gasteiger partial charge in [0.15, 0.2) is 0 Å². The van der Waals surface area contributed by atoms with Crippen molar-refractivity contribution in [2.24, 2.45) is 0 Å². The van der Waals surface area contributed by atoms with Gasteiger partial charge in [0, 0.05) is 19.0 Å². The van der Waals surface area contributed by atoms with Crippen LogP contribution in [0.3, 0.4) is 0 Å². The molecule has 1 unspecified atom stereocenters. The molecule has 2 aromatic rings. The zero-order chi connectivity index (χ0) is 23.1. The number of hydrogen-bond donors (Lipinski definition) is 0. The van der Waals surface area contributed by atoms with E-state index in [1.807, 2.05) is 25.1 Å². The Hall–Kier alpha value is -2.21. The predicted octanol–water partition coefficient (Wildman–Crippen LogP) is 6.23. The van der Waals surface area contributed by atoms with Gasteiger partial charge in [-0.25, -0.2) is 8.42 Å². The average Bonchev–Trinajstić information content (AvgIpc) is 2.77. The Morgan fingerprint density at radius 3 is 2.22 bits per heavy atom. The monoisotopic (exact) mass is 463 g/mol. The van der Waals surface area contributed by atoms with Gasteiger partial charge < -0.3 is 0 Å². The van der Waals surface area contributed by atoms with Gasteiger partial charge in [0.2, 0.25) is 10.0 Å². The second-order valence-corrected chi connectivity index (χ2v) is 16.8. The van der Waals surface area contributed by atoms with Crippen molar-refractivity contribution in [1.82, 2.24) is 4.31 Å². The molecule has 0 saturated heterocycles. The van der Waals surface area contributed by atoms with Gasteiger partial charge in [-0.15, -0.1) is 0 Å². The molecule has 2 aliphatic rings. The van der Waals surface area contributed by atoms with Gasteiger partial charge in [-0.2, -0.15) is 4.31 Å². The van der Waals surface area contributed by atoms with Crippen LogP contribution >= 0.6 is 0 Å². The standard InChI is InChI=1S/C27H33NO2SSi/c1-6-21-18-28(31(29,30)23-14-12-20(2)13-15-23)19-26-24(21)16-17-25(27(26)32(3,4)5)22-10-8-7-9-11-22/h7-17,25H,6,18-19H2,1-5H3. The van der Waals surface area contributed by atoms with Crippen LogP contribution in [0.15, 0.2) is 93.6 Å². The van der Waals surface area contributed by atoms with E-state index in [-0.39, 0.29) is 5.92 Å². The number of sulfonamides is 1. The van der Waals surface area contributed by atoms with Crippen molar-refractivity contribution >= 4 is 18.1 Å². The van der Waals surface area contributed by atoms with E-state index < -0.39 is 18.1 Å². The molecule has 5 heteroatoms. The highest BCUT2D eigenvalue weighted by atomic mass is 32.2. The van der Waals surface area contributed by atoms with Crippen LogP contribution in [-0.4, -0.2) is 33.9 Å². The summed E-state index contributed by atoms with van der Waals surface area (Å²) in [6.07, 6.45) is 5.44. The molecule has 3 nitrogen and oxygen atoms in total. The summed E-state index contributed by atoms with van der Waals surface area (Å²) in [6, 6.07) is 17.8. The summed E-state index contributed by atoms with van der Waals surface area (Å²) in [5.41, 5.74) is 6.06. The first-order chi connectivity index (χ1) is 15.1. The lowest BCUT2D eigenvalue weighted by Gasteiger charge is -2.40. The van der Waals surface area contributed by atoms with Crippen molar-refractivity contribution < 1.29 is 8.42 Å². The van der Waals surface area contributed by atoms with Crippen molar-refractivity contribution in [2.75, 3.05) is 13.1 Å². The van der Waals surface area contributed by atoms with Crippen LogP contribution in [0.5, 0.6) is 0 Å². The Kier molecular flexibility index (Phi) is 6.18. The maximum Gasteiger partial charge on any atom is 0.243 e. The molecule has 1 aliphatic heterocycles. The molecule has 0 radical (unpaired) electrons. The Labute approximate surface area is 194 Å². The molecular weight excluding hydrogens is 430 g/mol. The third-order valence-electron chi connectivity index (χ3n) is 6.55.